The monoisotopic (exact) mass is 413 g/mol. The van der Waals surface area contributed by atoms with Crippen molar-refractivity contribution in [2.75, 3.05) is 11.9 Å². The second-order valence-electron chi connectivity index (χ2n) is 6.85. The number of hydrogen-bond donors (Lipinski definition) is 1. The van der Waals surface area contributed by atoms with E-state index in [2.05, 4.69) is 20.3 Å². The Morgan fingerprint density at radius 1 is 1.17 bits per heavy atom. The zero-order valence-electron chi connectivity index (χ0n) is 15.8. The maximum absolute atomic E-state index is 13.6. The lowest BCUT2D eigenvalue weighted by Crippen LogP contribution is -2.31. The van der Waals surface area contributed by atoms with E-state index in [0.29, 0.717) is 35.9 Å². The van der Waals surface area contributed by atoms with Gasteiger partial charge in [0, 0.05) is 18.9 Å². The van der Waals surface area contributed by atoms with Crippen LogP contribution in [0.4, 0.5) is 16.0 Å². The first-order chi connectivity index (χ1) is 13.9. The van der Waals surface area contributed by atoms with Crippen molar-refractivity contribution >= 4 is 21.7 Å². The van der Waals surface area contributed by atoms with Crippen LogP contribution in [0.3, 0.4) is 0 Å². The molecule has 7 nitrogen and oxygen atoms in total. The van der Waals surface area contributed by atoms with E-state index in [0.717, 1.165) is 6.42 Å². The van der Waals surface area contributed by atoms with E-state index in [1.165, 1.54) is 22.5 Å². The number of halogens is 1. The Bertz CT molecular complexity index is 1120. The van der Waals surface area contributed by atoms with Crippen LogP contribution in [0.25, 0.3) is 0 Å². The Morgan fingerprint density at radius 2 is 2.03 bits per heavy atom. The molecule has 0 saturated carbocycles. The van der Waals surface area contributed by atoms with Crippen molar-refractivity contribution in [3.05, 3.63) is 72.1 Å². The van der Waals surface area contributed by atoms with Gasteiger partial charge in [0.15, 0.2) is 0 Å². The van der Waals surface area contributed by atoms with Crippen LogP contribution < -0.4 is 5.32 Å². The fraction of sp³-hybridized carbons (Fsp3) is 0.250. The Morgan fingerprint density at radius 3 is 2.79 bits per heavy atom. The number of sulfonamides is 1. The summed E-state index contributed by atoms with van der Waals surface area (Å²) in [5.41, 5.74) is 0.953. The minimum absolute atomic E-state index is 0.0946. The number of nitrogens with one attached hydrogen (secondary N) is 1. The number of aryl methyl sites for hydroxylation is 1. The number of hydrogen-bond acceptors (Lipinski definition) is 6. The third-order valence-corrected chi connectivity index (χ3v) is 6.78. The zero-order valence-corrected chi connectivity index (χ0v) is 16.6. The van der Waals surface area contributed by atoms with Gasteiger partial charge < -0.3 is 5.32 Å². The predicted molar refractivity (Wildman–Crippen MR) is 107 cm³/mol. The molecule has 3 aromatic rings. The molecule has 1 saturated heterocycles. The van der Waals surface area contributed by atoms with Gasteiger partial charge in [-0.3, -0.25) is 4.98 Å². The number of pyridine rings is 1. The first-order valence-electron chi connectivity index (χ1n) is 9.23. The zero-order chi connectivity index (χ0) is 20.4. The normalized spacial score (nSPS) is 17.4. The van der Waals surface area contributed by atoms with Crippen molar-refractivity contribution in [1.29, 1.82) is 0 Å². The van der Waals surface area contributed by atoms with Crippen LogP contribution in [0.2, 0.25) is 0 Å². The highest BCUT2D eigenvalue weighted by Crippen LogP contribution is 2.36. The van der Waals surface area contributed by atoms with Crippen LogP contribution in [0.5, 0.6) is 0 Å². The van der Waals surface area contributed by atoms with Crippen molar-refractivity contribution < 1.29 is 12.8 Å². The highest BCUT2D eigenvalue weighted by molar-refractivity contribution is 7.89. The number of nitrogens with zero attached hydrogens (tertiary/aromatic N) is 4. The van der Waals surface area contributed by atoms with Crippen LogP contribution in [0, 0.1) is 12.7 Å². The van der Waals surface area contributed by atoms with Gasteiger partial charge in [-0.1, -0.05) is 6.07 Å². The predicted octanol–water partition coefficient (Wildman–Crippen LogP) is 3.59. The minimum Gasteiger partial charge on any atom is -0.324 e. The van der Waals surface area contributed by atoms with E-state index in [1.807, 2.05) is 12.1 Å². The van der Waals surface area contributed by atoms with Crippen LogP contribution >= 0.6 is 0 Å². The SMILES string of the molecule is Cc1cc(S(=O)(=O)N2CCCC2c2cccc(Nc3cnccn3)n2)ccc1F. The number of rotatable bonds is 5. The van der Waals surface area contributed by atoms with Gasteiger partial charge in [-0.15, -0.1) is 0 Å². The van der Waals surface area contributed by atoms with Crippen LogP contribution in [-0.2, 0) is 10.0 Å². The lowest BCUT2D eigenvalue weighted by molar-refractivity contribution is 0.390. The second-order valence-corrected chi connectivity index (χ2v) is 8.74. The lowest BCUT2D eigenvalue weighted by Gasteiger charge is -2.24. The molecule has 9 heteroatoms. The van der Waals surface area contributed by atoms with E-state index in [1.54, 1.807) is 31.6 Å². The fourth-order valence-electron chi connectivity index (χ4n) is 3.44. The van der Waals surface area contributed by atoms with Gasteiger partial charge in [0.05, 0.1) is 22.8 Å². The topological polar surface area (TPSA) is 88.1 Å². The third kappa shape index (κ3) is 3.96. The molecular weight excluding hydrogens is 393 g/mol. The van der Waals surface area contributed by atoms with Crippen molar-refractivity contribution in [3.63, 3.8) is 0 Å². The van der Waals surface area contributed by atoms with Crippen LogP contribution in [0.15, 0.2) is 59.9 Å². The van der Waals surface area contributed by atoms with Gasteiger partial charge in [-0.05, 0) is 55.7 Å². The smallest absolute Gasteiger partial charge is 0.243 e. The molecule has 29 heavy (non-hydrogen) atoms. The molecule has 4 rings (SSSR count). The van der Waals surface area contributed by atoms with E-state index in [4.69, 9.17) is 0 Å². The molecule has 1 atom stereocenters. The van der Waals surface area contributed by atoms with Crippen LogP contribution in [-0.4, -0.2) is 34.2 Å². The summed E-state index contributed by atoms with van der Waals surface area (Å²) in [5.74, 6) is 0.686. The number of aromatic nitrogens is 3. The summed E-state index contributed by atoms with van der Waals surface area (Å²) in [6.45, 7) is 1.95. The second kappa shape index (κ2) is 7.84. The molecule has 1 aromatic carbocycles. The Balaban J connectivity index is 1.63. The molecule has 0 radical (unpaired) electrons. The minimum atomic E-state index is -3.76. The summed E-state index contributed by atoms with van der Waals surface area (Å²) in [6.07, 6.45) is 6.13. The highest BCUT2D eigenvalue weighted by Gasteiger charge is 2.37. The molecular formula is C20H20FN5O2S. The first kappa shape index (κ1) is 19.4. The van der Waals surface area contributed by atoms with Crippen molar-refractivity contribution in [3.8, 4) is 0 Å². The third-order valence-electron chi connectivity index (χ3n) is 4.87. The molecule has 0 spiro atoms. The van der Waals surface area contributed by atoms with Gasteiger partial charge in [0.1, 0.15) is 17.5 Å². The van der Waals surface area contributed by atoms with Gasteiger partial charge >= 0.3 is 0 Å². The van der Waals surface area contributed by atoms with Gasteiger partial charge in [-0.25, -0.2) is 22.8 Å². The summed E-state index contributed by atoms with van der Waals surface area (Å²) in [7, 11) is -3.76. The Kier molecular flexibility index (Phi) is 5.25. The molecule has 0 aliphatic carbocycles. The number of benzene rings is 1. The van der Waals surface area contributed by atoms with Crippen molar-refractivity contribution in [2.24, 2.45) is 0 Å². The first-order valence-corrected chi connectivity index (χ1v) is 10.7. The van der Waals surface area contributed by atoms with E-state index in [9.17, 15) is 12.8 Å². The molecule has 0 amide bonds. The maximum atomic E-state index is 13.6. The maximum Gasteiger partial charge on any atom is 0.243 e. The summed E-state index contributed by atoms with van der Waals surface area (Å²) in [4.78, 5) is 12.9. The van der Waals surface area contributed by atoms with Gasteiger partial charge in [0.25, 0.3) is 0 Å². The molecule has 1 N–H and O–H groups in total. The summed E-state index contributed by atoms with van der Waals surface area (Å²) >= 11 is 0. The Hall–Kier alpha value is -2.91. The molecule has 1 fully saturated rings. The van der Waals surface area contributed by atoms with E-state index >= 15 is 0 Å². The van der Waals surface area contributed by atoms with Gasteiger partial charge in [0.2, 0.25) is 10.0 Å². The Labute approximate surface area is 168 Å². The largest absolute Gasteiger partial charge is 0.324 e. The van der Waals surface area contributed by atoms with Crippen molar-refractivity contribution in [2.45, 2.75) is 30.7 Å². The van der Waals surface area contributed by atoms with Crippen LogP contribution in [0.1, 0.15) is 30.1 Å². The average Bonchev–Trinajstić information content (AvgIpc) is 3.22. The molecule has 1 unspecified atom stereocenters. The molecule has 2 aromatic heterocycles. The molecule has 0 bridgehead atoms. The van der Waals surface area contributed by atoms with E-state index in [-0.39, 0.29) is 10.9 Å². The summed E-state index contributed by atoms with van der Waals surface area (Å²) in [5, 5.41) is 3.07. The standard InChI is InChI=1S/C20H20FN5O2S/c1-14-12-15(7-8-16(14)21)29(27,28)26-11-3-5-18(26)17-4-2-6-19(24-17)25-20-13-22-9-10-23-20/h2,4,6-10,12-13,18H,3,5,11H2,1H3,(H,23,24,25). The molecule has 150 valence electrons. The average molecular weight is 413 g/mol. The fourth-order valence-corrected chi connectivity index (χ4v) is 5.19. The molecule has 3 heterocycles. The summed E-state index contributed by atoms with van der Waals surface area (Å²) in [6, 6.07) is 8.93. The molecule has 1 aliphatic heterocycles. The van der Waals surface area contributed by atoms with Gasteiger partial charge in [-0.2, -0.15) is 4.31 Å². The summed E-state index contributed by atoms with van der Waals surface area (Å²) < 4.78 is 41.4. The highest BCUT2D eigenvalue weighted by atomic mass is 32.2. The van der Waals surface area contributed by atoms with Crippen molar-refractivity contribution in [1.82, 2.24) is 19.3 Å². The van der Waals surface area contributed by atoms with E-state index < -0.39 is 15.8 Å². The number of anilines is 2. The molecule has 1 aliphatic rings. The quantitative estimate of drug-likeness (QED) is 0.688. The lowest BCUT2D eigenvalue weighted by atomic mass is 10.1.